The van der Waals surface area contributed by atoms with Gasteiger partial charge in [0.15, 0.2) is 12.2 Å². The molecule has 540 valence electrons. The van der Waals surface area contributed by atoms with E-state index in [4.69, 9.17) is 37.0 Å². The minimum Gasteiger partial charge on any atom is -0.462 e. The van der Waals surface area contributed by atoms with Crippen LogP contribution >= 0.6 is 15.6 Å². The van der Waals surface area contributed by atoms with E-state index in [1.165, 1.54) is 148 Å². The van der Waals surface area contributed by atoms with Crippen LogP contribution < -0.4 is 0 Å². The number of phosphoric acid groups is 2. The largest absolute Gasteiger partial charge is 0.472 e. The second-order valence-electron chi connectivity index (χ2n) is 25.2. The van der Waals surface area contributed by atoms with Gasteiger partial charge in [0.05, 0.1) is 26.4 Å². The molecule has 0 aliphatic carbocycles. The highest BCUT2D eigenvalue weighted by molar-refractivity contribution is 7.47. The monoisotopic (exact) mass is 1350 g/mol. The van der Waals surface area contributed by atoms with Gasteiger partial charge in [-0.05, 0) is 57.8 Å². The molecule has 0 bridgehead atoms. The standard InChI is InChI=1S/C73H136O17P2/c1-5-9-13-17-21-25-29-32-33-36-39-42-46-50-54-58-71(76)84-64-69(90-73(78)60-56-52-48-44-40-35-31-27-23-19-15-11-7-3)66-88-92(81,82)86-62-67(74)61-85-91(79,80)87-65-68(89-72(77)59-55-51-47-43-37-28-24-20-16-12-8-4)63-83-70(75)57-53-49-45-41-38-34-30-26-22-18-14-10-6-2/h9,13,21,25,32-33,67-69,74H,5-8,10-12,14-20,22-24,26-31,34-66H2,1-4H3,(H,79,80)(H,81,82)/b13-9-,25-21-,33-32-. The maximum Gasteiger partial charge on any atom is 0.472 e. The number of esters is 4. The lowest BCUT2D eigenvalue weighted by atomic mass is 10.0. The molecule has 0 fully saturated rings. The van der Waals surface area contributed by atoms with Gasteiger partial charge in [-0.2, -0.15) is 0 Å². The number of unbranched alkanes of at least 4 members (excludes halogenated alkanes) is 39. The first-order chi connectivity index (χ1) is 44.7. The molecule has 19 heteroatoms. The number of carbonyl (C=O) groups excluding carboxylic acids is 4. The minimum absolute atomic E-state index is 0.0994. The predicted octanol–water partition coefficient (Wildman–Crippen LogP) is 20.8. The number of ether oxygens (including phenoxy) is 4. The fraction of sp³-hybridized carbons (Fsp3) is 0.863. The number of allylic oxidation sites excluding steroid dienone is 6. The van der Waals surface area contributed by atoms with Gasteiger partial charge in [0.1, 0.15) is 19.3 Å². The van der Waals surface area contributed by atoms with E-state index in [2.05, 4.69) is 64.2 Å². The molecule has 0 spiro atoms. The van der Waals surface area contributed by atoms with Crippen LogP contribution in [0.1, 0.15) is 349 Å². The summed E-state index contributed by atoms with van der Waals surface area (Å²) >= 11 is 0. The summed E-state index contributed by atoms with van der Waals surface area (Å²) in [6.07, 6.45) is 60.0. The smallest absolute Gasteiger partial charge is 0.462 e. The highest BCUT2D eigenvalue weighted by Gasteiger charge is 2.30. The van der Waals surface area contributed by atoms with Crippen molar-refractivity contribution in [2.24, 2.45) is 0 Å². The molecular weight excluding hydrogens is 1210 g/mol. The van der Waals surface area contributed by atoms with Crippen LogP contribution in [0.4, 0.5) is 0 Å². The summed E-state index contributed by atoms with van der Waals surface area (Å²) < 4.78 is 68.3. The van der Waals surface area contributed by atoms with Crippen molar-refractivity contribution < 1.29 is 80.2 Å². The molecule has 5 unspecified atom stereocenters. The average Bonchev–Trinajstić information content (AvgIpc) is 2.73. The van der Waals surface area contributed by atoms with Gasteiger partial charge < -0.3 is 33.8 Å². The molecule has 0 aliphatic rings. The lowest BCUT2D eigenvalue weighted by Gasteiger charge is -2.21. The van der Waals surface area contributed by atoms with E-state index in [1.807, 2.05) is 0 Å². The van der Waals surface area contributed by atoms with Crippen molar-refractivity contribution in [1.82, 2.24) is 0 Å². The molecule has 3 N–H and O–H groups in total. The molecule has 92 heavy (non-hydrogen) atoms. The van der Waals surface area contributed by atoms with E-state index < -0.39 is 97.5 Å². The number of hydrogen-bond acceptors (Lipinski definition) is 15. The Balaban J connectivity index is 5.28. The third kappa shape index (κ3) is 65.9. The second kappa shape index (κ2) is 66.9. The molecule has 0 aromatic rings. The van der Waals surface area contributed by atoms with Gasteiger partial charge in [-0.25, -0.2) is 9.13 Å². The Morgan fingerprint density at radius 3 is 0.870 bits per heavy atom. The van der Waals surface area contributed by atoms with Crippen molar-refractivity contribution in [2.45, 2.75) is 367 Å². The quantitative estimate of drug-likeness (QED) is 0.0169. The van der Waals surface area contributed by atoms with Gasteiger partial charge in [-0.15, -0.1) is 0 Å². The van der Waals surface area contributed by atoms with Gasteiger partial charge in [-0.1, -0.05) is 302 Å². The van der Waals surface area contributed by atoms with Crippen LogP contribution in [-0.4, -0.2) is 96.7 Å². The summed E-state index contributed by atoms with van der Waals surface area (Å²) in [6, 6.07) is 0. The van der Waals surface area contributed by atoms with Gasteiger partial charge in [0, 0.05) is 25.7 Å². The molecule has 0 rings (SSSR count). The Morgan fingerprint density at radius 1 is 0.315 bits per heavy atom. The Bertz CT molecular complexity index is 1900. The van der Waals surface area contributed by atoms with Crippen molar-refractivity contribution in [1.29, 1.82) is 0 Å². The molecular formula is C73H136O17P2. The summed E-state index contributed by atoms with van der Waals surface area (Å²) in [5.41, 5.74) is 0. The summed E-state index contributed by atoms with van der Waals surface area (Å²) in [4.78, 5) is 72.6. The van der Waals surface area contributed by atoms with Crippen molar-refractivity contribution >= 4 is 39.5 Å². The predicted molar refractivity (Wildman–Crippen MR) is 372 cm³/mol. The normalized spacial score (nSPS) is 14.2. The Hall–Kier alpha value is -2.72. The summed E-state index contributed by atoms with van der Waals surface area (Å²) in [6.45, 7) is 4.80. The third-order valence-corrected chi connectivity index (χ3v) is 18.1. The van der Waals surface area contributed by atoms with Crippen LogP contribution in [0.25, 0.3) is 0 Å². The number of phosphoric ester groups is 2. The number of carbonyl (C=O) groups is 4. The zero-order valence-electron chi connectivity index (χ0n) is 58.7. The molecule has 17 nitrogen and oxygen atoms in total. The SMILES string of the molecule is CC/C=C\C/C=C\C/C=C\CCCCCCCC(=O)OCC(COP(=O)(O)OCC(O)COP(=O)(O)OCC(COC(=O)CCCCCCCCCCCCCCC)OC(=O)CCCCCCCCCCCCC)OC(=O)CCCCCCCCCCCCCCC. The maximum absolute atomic E-state index is 13.0. The zero-order chi connectivity index (χ0) is 67.5. The maximum atomic E-state index is 13.0. The van der Waals surface area contributed by atoms with Crippen molar-refractivity contribution in [2.75, 3.05) is 39.6 Å². The Morgan fingerprint density at radius 2 is 0.565 bits per heavy atom. The highest BCUT2D eigenvalue weighted by Crippen LogP contribution is 2.45. The van der Waals surface area contributed by atoms with Crippen LogP contribution in [0.3, 0.4) is 0 Å². The molecule has 0 aromatic carbocycles. The van der Waals surface area contributed by atoms with Crippen molar-refractivity contribution in [3.63, 3.8) is 0 Å². The van der Waals surface area contributed by atoms with E-state index >= 15 is 0 Å². The van der Waals surface area contributed by atoms with Gasteiger partial charge in [0.2, 0.25) is 0 Å². The zero-order valence-corrected chi connectivity index (χ0v) is 60.5. The van der Waals surface area contributed by atoms with Crippen molar-refractivity contribution in [3.8, 4) is 0 Å². The minimum atomic E-state index is -4.96. The Kier molecular flexibility index (Phi) is 64.9. The molecule has 0 aliphatic heterocycles. The number of hydrogen-bond donors (Lipinski definition) is 3. The van der Waals surface area contributed by atoms with Crippen LogP contribution in [0.2, 0.25) is 0 Å². The molecule has 0 radical (unpaired) electrons. The average molecular weight is 1350 g/mol. The highest BCUT2D eigenvalue weighted by atomic mass is 31.2. The fourth-order valence-corrected chi connectivity index (χ4v) is 12.1. The Labute approximate surface area is 560 Å². The van der Waals surface area contributed by atoms with E-state index in [0.717, 1.165) is 122 Å². The number of aliphatic hydroxyl groups is 1. The van der Waals surface area contributed by atoms with E-state index in [0.29, 0.717) is 25.7 Å². The van der Waals surface area contributed by atoms with Gasteiger partial charge in [-0.3, -0.25) is 37.3 Å². The molecule has 0 aromatic heterocycles. The molecule has 0 saturated carbocycles. The van der Waals surface area contributed by atoms with Gasteiger partial charge >= 0.3 is 39.5 Å². The molecule has 0 heterocycles. The number of rotatable bonds is 71. The second-order valence-corrected chi connectivity index (χ2v) is 28.1. The first-order valence-electron chi connectivity index (χ1n) is 37.2. The molecule has 5 atom stereocenters. The van der Waals surface area contributed by atoms with Crippen LogP contribution in [-0.2, 0) is 65.4 Å². The summed E-state index contributed by atoms with van der Waals surface area (Å²) in [7, 11) is -9.92. The van der Waals surface area contributed by atoms with Crippen molar-refractivity contribution in [3.05, 3.63) is 36.5 Å². The summed E-state index contributed by atoms with van der Waals surface area (Å²) in [5.74, 6) is -2.15. The number of aliphatic hydroxyl groups excluding tert-OH is 1. The topological polar surface area (TPSA) is 237 Å². The fourth-order valence-electron chi connectivity index (χ4n) is 10.5. The van der Waals surface area contributed by atoms with Gasteiger partial charge in [0.25, 0.3) is 0 Å². The van der Waals surface area contributed by atoms with E-state index in [1.54, 1.807) is 0 Å². The van der Waals surface area contributed by atoms with Crippen LogP contribution in [0, 0.1) is 0 Å². The first-order valence-corrected chi connectivity index (χ1v) is 40.2. The van der Waals surface area contributed by atoms with Crippen LogP contribution in [0.15, 0.2) is 36.5 Å². The van der Waals surface area contributed by atoms with E-state index in [-0.39, 0.29) is 25.7 Å². The lowest BCUT2D eigenvalue weighted by molar-refractivity contribution is -0.161. The summed E-state index contributed by atoms with van der Waals surface area (Å²) in [5, 5.41) is 10.6. The third-order valence-electron chi connectivity index (χ3n) is 16.1. The first kappa shape index (κ1) is 89.3. The molecule has 0 saturated heterocycles. The molecule has 0 amide bonds. The lowest BCUT2D eigenvalue weighted by Crippen LogP contribution is -2.30. The van der Waals surface area contributed by atoms with E-state index in [9.17, 15) is 43.2 Å². The van der Waals surface area contributed by atoms with Crippen LogP contribution in [0.5, 0.6) is 0 Å².